The molecule has 0 aromatic carbocycles. The number of furan rings is 1. The van der Waals surface area contributed by atoms with Crippen molar-refractivity contribution in [2.45, 2.75) is 25.5 Å². The van der Waals surface area contributed by atoms with Crippen molar-refractivity contribution < 1.29 is 17.4 Å². The number of pyridine rings is 1. The zero-order chi connectivity index (χ0) is 16.4. The van der Waals surface area contributed by atoms with Crippen molar-refractivity contribution in [1.29, 1.82) is 0 Å². The van der Waals surface area contributed by atoms with Crippen LogP contribution in [0.1, 0.15) is 17.0 Å². The van der Waals surface area contributed by atoms with Gasteiger partial charge in [-0.1, -0.05) is 11.2 Å². The lowest BCUT2D eigenvalue weighted by Gasteiger charge is -2.03. The minimum atomic E-state index is -3.77. The molecule has 0 amide bonds. The normalized spacial score (nSPS) is 11.7. The Kier molecular flexibility index (Phi) is 4.01. The number of hydrogen-bond acceptors (Lipinski definition) is 6. The molecule has 0 radical (unpaired) electrons. The van der Waals surface area contributed by atoms with Crippen LogP contribution in [0.4, 0.5) is 0 Å². The Hall–Kier alpha value is -2.45. The highest BCUT2D eigenvalue weighted by Crippen LogP contribution is 2.28. The second-order valence-electron chi connectivity index (χ2n) is 4.99. The Morgan fingerprint density at radius 3 is 2.65 bits per heavy atom. The van der Waals surface area contributed by atoms with E-state index in [4.69, 9.17) is 8.94 Å². The highest BCUT2D eigenvalue weighted by molar-refractivity contribution is 7.89. The molecule has 0 unspecified atom stereocenters. The first-order chi connectivity index (χ1) is 11.0. The third kappa shape index (κ3) is 3.17. The van der Waals surface area contributed by atoms with E-state index >= 15 is 0 Å². The van der Waals surface area contributed by atoms with E-state index in [1.54, 1.807) is 37.4 Å². The van der Waals surface area contributed by atoms with Gasteiger partial charge in [0, 0.05) is 11.8 Å². The fourth-order valence-electron chi connectivity index (χ4n) is 1.97. The molecule has 3 rings (SSSR count). The molecule has 23 heavy (non-hydrogen) atoms. The van der Waals surface area contributed by atoms with Crippen LogP contribution in [0.15, 0.2) is 50.6 Å². The molecule has 0 bridgehead atoms. The first-order valence-corrected chi connectivity index (χ1v) is 8.38. The van der Waals surface area contributed by atoms with E-state index in [1.165, 1.54) is 6.07 Å². The van der Waals surface area contributed by atoms with Crippen LogP contribution in [-0.4, -0.2) is 18.6 Å². The number of sulfonamides is 1. The Labute approximate surface area is 133 Å². The maximum Gasteiger partial charge on any atom is 0.274 e. The summed E-state index contributed by atoms with van der Waals surface area (Å²) in [7, 11) is -3.77. The molecule has 0 aliphatic heterocycles. The van der Waals surface area contributed by atoms with E-state index in [2.05, 4.69) is 14.9 Å². The number of hydrogen-bond donors (Lipinski definition) is 1. The molecule has 7 nitrogen and oxygen atoms in total. The molecule has 120 valence electrons. The molecule has 0 atom stereocenters. The largest absolute Gasteiger partial charge is 0.440 e. The molecule has 3 aromatic rings. The molecular weight excluding hydrogens is 318 g/mol. The fraction of sp³-hybridized carbons (Fsp3) is 0.200. The van der Waals surface area contributed by atoms with Crippen molar-refractivity contribution in [3.63, 3.8) is 0 Å². The topological polar surface area (TPSA) is 98.2 Å². The number of nitrogens with one attached hydrogen (secondary N) is 1. The second-order valence-corrected chi connectivity index (χ2v) is 6.68. The summed E-state index contributed by atoms with van der Waals surface area (Å²) in [5.74, 6) is 0.745. The molecule has 1 N–H and O–H groups in total. The van der Waals surface area contributed by atoms with Crippen molar-refractivity contribution in [3.8, 4) is 11.5 Å². The minimum Gasteiger partial charge on any atom is -0.440 e. The maximum absolute atomic E-state index is 12.3. The van der Waals surface area contributed by atoms with E-state index in [0.29, 0.717) is 17.2 Å². The zero-order valence-corrected chi connectivity index (χ0v) is 13.4. The Morgan fingerprint density at radius 1 is 1.17 bits per heavy atom. The van der Waals surface area contributed by atoms with Crippen molar-refractivity contribution in [1.82, 2.24) is 14.9 Å². The molecule has 0 saturated heterocycles. The summed E-state index contributed by atoms with van der Waals surface area (Å²) < 4.78 is 37.5. The fourth-order valence-corrected chi connectivity index (χ4v) is 2.90. The van der Waals surface area contributed by atoms with Crippen LogP contribution in [0.3, 0.4) is 0 Å². The summed E-state index contributed by atoms with van der Waals surface area (Å²) in [5.41, 5.74) is 2.16. The van der Waals surface area contributed by atoms with Crippen molar-refractivity contribution in [2.24, 2.45) is 0 Å². The van der Waals surface area contributed by atoms with Gasteiger partial charge >= 0.3 is 0 Å². The third-order valence-corrected chi connectivity index (χ3v) is 4.67. The number of aromatic nitrogens is 2. The summed E-state index contributed by atoms with van der Waals surface area (Å²) in [6.07, 6.45) is 1.60. The Morgan fingerprint density at radius 2 is 2.00 bits per heavy atom. The lowest BCUT2D eigenvalue weighted by atomic mass is 10.2. The van der Waals surface area contributed by atoms with Crippen LogP contribution in [0, 0.1) is 13.8 Å². The molecule has 0 saturated carbocycles. The lowest BCUT2D eigenvalue weighted by molar-refractivity contribution is 0.397. The van der Waals surface area contributed by atoms with Gasteiger partial charge in [0.05, 0.1) is 17.9 Å². The summed E-state index contributed by atoms with van der Waals surface area (Å²) in [4.78, 5) is 4.06. The van der Waals surface area contributed by atoms with Gasteiger partial charge in [-0.2, -0.15) is 0 Å². The van der Waals surface area contributed by atoms with Gasteiger partial charge in [0.15, 0.2) is 5.76 Å². The molecule has 3 heterocycles. The van der Waals surface area contributed by atoms with Crippen LogP contribution >= 0.6 is 0 Å². The second kappa shape index (κ2) is 5.98. The highest BCUT2D eigenvalue weighted by Gasteiger charge is 2.22. The van der Waals surface area contributed by atoms with Crippen LogP contribution in [-0.2, 0) is 16.6 Å². The van der Waals surface area contributed by atoms with E-state index in [0.717, 1.165) is 11.3 Å². The van der Waals surface area contributed by atoms with Gasteiger partial charge in [-0.15, -0.1) is 0 Å². The van der Waals surface area contributed by atoms with Gasteiger partial charge in [-0.05, 0) is 38.1 Å². The number of nitrogens with zero attached hydrogens (tertiary/aromatic N) is 2. The summed E-state index contributed by atoms with van der Waals surface area (Å²) in [5, 5.41) is 3.65. The minimum absolute atomic E-state index is 0.0830. The van der Waals surface area contributed by atoms with Gasteiger partial charge in [0.1, 0.15) is 0 Å². The molecule has 0 aliphatic carbocycles. The SMILES string of the molecule is Cc1noc(-c2ccc(S(=O)(=O)NCc3ccccn3)o2)c1C. The maximum atomic E-state index is 12.3. The average molecular weight is 333 g/mol. The van der Waals surface area contributed by atoms with Gasteiger partial charge in [0.2, 0.25) is 10.9 Å². The van der Waals surface area contributed by atoms with Gasteiger partial charge < -0.3 is 8.94 Å². The summed E-state index contributed by atoms with van der Waals surface area (Å²) in [6.45, 7) is 3.72. The molecule has 0 fully saturated rings. The predicted molar refractivity (Wildman–Crippen MR) is 81.9 cm³/mol. The quantitative estimate of drug-likeness (QED) is 0.770. The van der Waals surface area contributed by atoms with E-state index in [-0.39, 0.29) is 11.6 Å². The van der Waals surface area contributed by atoms with E-state index in [1.807, 2.05) is 6.92 Å². The highest BCUT2D eigenvalue weighted by atomic mass is 32.2. The third-order valence-electron chi connectivity index (χ3n) is 3.40. The lowest BCUT2D eigenvalue weighted by Crippen LogP contribution is -2.23. The van der Waals surface area contributed by atoms with Crippen molar-refractivity contribution in [2.75, 3.05) is 0 Å². The average Bonchev–Trinajstić information content (AvgIpc) is 3.15. The smallest absolute Gasteiger partial charge is 0.274 e. The molecule has 3 aromatic heterocycles. The van der Waals surface area contributed by atoms with Crippen LogP contribution in [0.5, 0.6) is 0 Å². The van der Waals surface area contributed by atoms with Crippen LogP contribution in [0.25, 0.3) is 11.5 Å². The zero-order valence-electron chi connectivity index (χ0n) is 12.6. The monoisotopic (exact) mass is 333 g/mol. The van der Waals surface area contributed by atoms with E-state index in [9.17, 15) is 8.42 Å². The Balaban J connectivity index is 1.80. The molecule has 8 heteroatoms. The van der Waals surface area contributed by atoms with Crippen molar-refractivity contribution >= 4 is 10.0 Å². The van der Waals surface area contributed by atoms with Crippen LogP contribution in [0.2, 0.25) is 0 Å². The molecular formula is C15H15N3O4S. The first kappa shape index (κ1) is 15.4. The molecule has 0 aliphatic rings. The standard InChI is InChI=1S/C15H15N3O4S/c1-10-11(2)18-22-15(10)13-6-7-14(21-13)23(19,20)17-9-12-5-3-4-8-16-12/h3-8,17H,9H2,1-2H3. The first-order valence-electron chi connectivity index (χ1n) is 6.90. The number of rotatable bonds is 5. The predicted octanol–water partition coefficient (Wildman–Crippen LogP) is 2.42. The van der Waals surface area contributed by atoms with Gasteiger partial charge in [-0.3, -0.25) is 4.98 Å². The van der Waals surface area contributed by atoms with Crippen LogP contribution < -0.4 is 4.72 Å². The molecule has 0 spiro atoms. The van der Waals surface area contributed by atoms with Gasteiger partial charge in [-0.25, -0.2) is 13.1 Å². The number of aryl methyl sites for hydroxylation is 1. The van der Waals surface area contributed by atoms with Crippen molar-refractivity contribution in [3.05, 3.63) is 53.5 Å². The summed E-state index contributed by atoms with van der Waals surface area (Å²) >= 11 is 0. The summed E-state index contributed by atoms with van der Waals surface area (Å²) in [6, 6.07) is 8.21. The van der Waals surface area contributed by atoms with E-state index < -0.39 is 10.0 Å². The Bertz CT molecular complexity index is 913. The van der Waals surface area contributed by atoms with Gasteiger partial charge in [0.25, 0.3) is 10.0 Å².